The fraction of sp³-hybridized carbons (Fsp3) is 0.267. The van der Waals surface area contributed by atoms with Crippen molar-refractivity contribution in [2.75, 3.05) is 19.4 Å². The molecule has 0 saturated carbocycles. The Morgan fingerprint density at radius 2 is 1.95 bits per heavy atom. The third-order valence-electron chi connectivity index (χ3n) is 2.79. The van der Waals surface area contributed by atoms with Crippen LogP contribution in [0.3, 0.4) is 0 Å². The second-order valence-corrected chi connectivity index (χ2v) is 7.33. The van der Waals surface area contributed by atoms with Gasteiger partial charge < -0.3 is 10.2 Å². The summed E-state index contributed by atoms with van der Waals surface area (Å²) in [6, 6.07) is 9.83. The SMILES string of the molecule is Cc1cc(C(=O)Nc2ccc(CN(C)C)cc2)sc1Br. The average Bonchev–Trinajstić information content (AvgIpc) is 2.71. The third-order valence-corrected chi connectivity index (χ3v) is 4.93. The normalized spacial score (nSPS) is 10.8. The van der Waals surface area contributed by atoms with Gasteiger partial charge in [0.2, 0.25) is 0 Å². The molecule has 3 nitrogen and oxygen atoms in total. The Labute approximate surface area is 131 Å². The van der Waals surface area contributed by atoms with Crippen LogP contribution in [-0.2, 0) is 6.54 Å². The van der Waals surface area contributed by atoms with Gasteiger partial charge in [0.05, 0.1) is 8.66 Å². The number of carbonyl (C=O) groups excluding carboxylic acids is 1. The van der Waals surface area contributed by atoms with Crippen LogP contribution in [0.4, 0.5) is 5.69 Å². The molecule has 2 aromatic rings. The number of aryl methyl sites for hydroxylation is 1. The van der Waals surface area contributed by atoms with E-state index in [0.29, 0.717) is 4.88 Å². The van der Waals surface area contributed by atoms with Crippen LogP contribution >= 0.6 is 27.3 Å². The number of nitrogens with zero attached hydrogens (tertiary/aromatic N) is 1. The summed E-state index contributed by atoms with van der Waals surface area (Å²) < 4.78 is 1.00. The maximum atomic E-state index is 12.1. The van der Waals surface area contributed by atoms with Gasteiger partial charge in [-0.15, -0.1) is 11.3 Å². The van der Waals surface area contributed by atoms with Crippen molar-refractivity contribution in [2.45, 2.75) is 13.5 Å². The van der Waals surface area contributed by atoms with Crippen LogP contribution in [-0.4, -0.2) is 24.9 Å². The number of hydrogen-bond donors (Lipinski definition) is 1. The highest BCUT2D eigenvalue weighted by Crippen LogP contribution is 2.27. The lowest BCUT2D eigenvalue weighted by atomic mass is 10.2. The lowest BCUT2D eigenvalue weighted by molar-refractivity contribution is 0.103. The summed E-state index contributed by atoms with van der Waals surface area (Å²) >= 11 is 4.89. The van der Waals surface area contributed by atoms with E-state index in [4.69, 9.17) is 0 Å². The Morgan fingerprint density at radius 1 is 1.30 bits per heavy atom. The predicted molar refractivity (Wildman–Crippen MR) is 88.5 cm³/mol. The van der Waals surface area contributed by atoms with Crippen molar-refractivity contribution in [3.63, 3.8) is 0 Å². The van der Waals surface area contributed by atoms with E-state index in [9.17, 15) is 4.79 Å². The van der Waals surface area contributed by atoms with Crippen LogP contribution in [0, 0.1) is 6.92 Å². The molecular formula is C15H17BrN2OS. The first-order chi connectivity index (χ1) is 9.45. The highest BCUT2D eigenvalue weighted by Gasteiger charge is 2.11. The topological polar surface area (TPSA) is 32.3 Å². The monoisotopic (exact) mass is 352 g/mol. The Bertz CT molecular complexity index is 585. The van der Waals surface area contributed by atoms with Gasteiger partial charge in [-0.05, 0) is 66.3 Å². The second-order valence-electron chi connectivity index (χ2n) is 4.96. The third kappa shape index (κ3) is 3.91. The second kappa shape index (κ2) is 6.52. The van der Waals surface area contributed by atoms with Gasteiger partial charge in [0.15, 0.2) is 0 Å². The van der Waals surface area contributed by atoms with E-state index in [0.717, 1.165) is 21.6 Å². The van der Waals surface area contributed by atoms with Gasteiger partial charge >= 0.3 is 0 Å². The minimum Gasteiger partial charge on any atom is -0.321 e. The summed E-state index contributed by atoms with van der Waals surface area (Å²) in [7, 11) is 4.07. The number of halogens is 1. The predicted octanol–water partition coefficient (Wildman–Crippen LogP) is 4.13. The zero-order chi connectivity index (χ0) is 14.7. The number of carbonyl (C=O) groups is 1. The Morgan fingerprint density at radius 3 is 2.45 bits per heavy atom. The summed E-state index contributed by atoms with van der Waals surface area (Å²) in [6.45, 7) is 2.87. The molecule has 0 aliphatic heterocycles. The molecule has 0 bridgehead atoms. The molecule has 1 aromatic heterocycles. The molecule has 0 aliphatic carbocycles. The van der Waals surface area contributed by atoms with Crippen LogP contribution in [0.2, 0.25) is 0 Å². The van der Waals surface area contributed by atoms with Gasteiger partial charge in [-0.1, -0.05) is 12.1 Å². The fourth-order valence-electron chi connectivity index (χ4n) is 1.82. The van der Waals surface area contributed by atoms with Crippen molar-refractivity contribution in [3.8, 4) is 0 Å². The van der Waals surface area contributed by atoms with E-state index in [2.05, 4.69) is 26.1 Å². The smallest absolute Gasteiger partial charge is 0.265 e. The number of hydrogen-bond acceptors (Lipinski definition) is 3. The van der Waals surface area contributed by atoms with Crippen molar-refractivity contribution in [1.29, 1.82) is 0 Å². The molecule has 0 unspecified atom stereocenters. The van der Waals surface area contributed by atoms with Gasteiger partial charge in [0.1, 0.15) is 0 Å². The maximum Gasteiger partial charge on any atom is 0.265 e. The van der Waals surface area contributed by atoms with Crippen LogP contribution in [0.1, 0.15) is 20.8 Å². The molecular weight excluding hydrogens is 336 g/mol. The van der Waals surface area contributed by atoms with Gasteiger partial charge in [-0.2, -0.15) is 0 Å². The zero-order valence-electron chi connectivity index (χ0n) is 11.7. The zero-order valence-corrected chi connectivity index (χ0v) is 14.1. The van der Waals surface area contributed by atoms with E-state index < -0.39 is 0 Å². The number of thiophene rings is 1. The molecule has 0 saturated heterocycles. The molecule has 0 radical (unpaired) electrons. The lowest BCUT2D eigenvalue weighted by Gasteiger charge is -2.10. The molecule has 0 spiro atoms. The molecule has 5 heteroatoms. The molecule has 1 heterocycles. The van der Waals surface area contributed by atoms with E-state index in [-0.39, 0.29) is 5.91 Å². The van der Waals surface area contributed by atoms with Crippen LogP contribution in [0.25, 0.3) is 0 Å². The summed E-state index contributed by atoms with van der Waals surface area (Å²) in [5.74, 6) is -0.0656. The number of benzene rings is 1. The van der Waals surface area contributed by atoms with Crippen LogP contribution in [0.15, 0.2) is 34.1 Å². The van der Waals surface area contributed by atoms with Crippen molar-refractivity contribution < 1.29 is 4.79 Å². The minimum absolute atomic E-state index is 0.0656. The summed E-state index contributed by atoms with van der Waals surface area (Å²) in [4.78, 5) is 14.9. The Balaban J connectivity index is 2.04. The molecule has 0 atom stereocenters. The molecule has 20 heavy (non-hydrogen) atoms. The molecule has 1 aromatic carbocycles. The highest BCUT2D eigenvalue weighted by molar-refractivity contribution is 9.11. The molecule has 0 aliphatic rings. The van der Waals surface area contributed by atoms with Crippen molar-refractivity contribution in [2.24, 2.45) is 0 Å². The lowest BCUT2D eigenvalue weighted by Crippen LogP contribution is -2.12. The van der Waals surface area contributed by atoms with E-state index >= 15 is 0 Å². The summed E-state index contributed by atoms with van der Waals surface area (Å²) in [6.07, 6.45) is 0. The quantitative estimate of drug-likeness (QED) is 0.896. The van der Waals surface area contributed by atoms with Crippen molar-refractivity contribution >= 4 is 38.9 Å². The van der Waals surface area contributed by atoms with Crippen LogP contribution in [0.5, 0.6) is 0 Å². The molecule has 1 N–H and O–H groups in total. The van der Waals surface area contributed by atoms with E-state index in [1.807, 2.05) is 51.4 Å². The standard InChI is InChI=1S/C15H17BrN2OS/c1-10-8-13(20-14(10)16)15(19)17-12-6-4-11(5-7-12)9-18(2)3/h4-8H,9H2,1-3H3,(H,17,19). The van der Waals surface area contributed by atoms with Gasteiger partial charge in [-0.3, -0.25) is 4.79 Å². The van der Waals surface area contributed by atoms with Gasteiger partial charge in [-0.25, -0.2) is 0 Å². The molecule has 2 rings (SSSR count). The first-order valence-corrected chi connectivity index (χ1v) is 7.87. The first-order valence-electron chi connectivity index (χ1n) is 6.26. The summed E-state index contributed by atoms with van der Waals surface area (Å²) in [5.41, 5.74) is 3.13. The first kappa shape index (κ1) is 15.2. The largest absolute Gasteiger partial charge is 0.321 e. The van der Waals surface area contributed by atoms with Crippen molar-refractivity contribution in [1.82, 2.24) is 4.90 Å². The van der Waals surface area contributed by atoms with Gasteiger partial charge in [0, 0.05) is 12.2 Å². The van der Waals surface area contributed by atoms with Gasteiger partial charge in [0.25, 0.3) is 5.91 Å². The van der Waals surface area contributed by atoms with Crippen molar-refractivity contribution in [3.05, 3.63) is 50.1 Å². The maximum absolute atomic E-state index is 12.1. The number of nitrogens with one attached hydrogen (secondary N) is 1. The average molecular weight is 353 g/mol. The molecule has 106 valence electrons. The Kier molecular flexibility index (Phi) is 4.96. The summed E-state index contributed by atoms with van der Waals surface area (Å²) in [5, 5.41) is 2.92. The number of rotatable bonds is 4. The van der Waals surface area contributed by atoms with E-state index in [1.54, 1.807) is 0 Å². The number of anilines is 1. The fourth-order valence-corrected chi connectivity index (χ4v) is 3.25. The highest BCUT2D eigenvalue weighted by atomic mass is 79.9. The molecule has 1 amide bonds. The molecule has 0 fully saturated rings. The van der Waals surface area contributed by atoms with E-state index in [1.165, 1.54) is 16.9 Å². The Hall–Kier alpha value is -1.17. The minimum atomic E-state index is -0.0656. The van der Waals surface area contributed by atoms with Crippen LogP contribution < -0.4 is 5.32 Å². The number of amides is 1.